The van der Waals surface area contributed by atoms with Crippen LogP contribution >= 0.6 is 0 Å². The number of fused-ring (bicyclic) bond motifs is 1. The molecule has 2 aromatic rings. The van der Waals surface area contributed by atoms with Crippen LogP contribution in [0.1, 0.15) is 31.8 Å². The van der Waals surface area contributed by atoms with Gasteiger partial charge in [0, 0.05) is 17.7 Å². The van der Waals surface area contributed by atoms with Crippen LogP contribution in [0, 0.1) is 0 Å². The molecule has 1 saturated heterocycles. The summed E-state index contributed by atoms with van der Waals surface area (Å²) in [4.78, 5) is 50.4. The first-order chi connectivity index (χ1) is 13.8. The van der Waals surface area contributed by atoms with E-state index in [4.69, 9.17) is 10.5 Å². The molecule has 0 aliphatic carbocycles. The van der Waals surface area contributed by atoms with Crippen LogP contribution in [-0.2, 0) is 16.9 Å². The van der Waals surface area contributed by atoms with E-state index in [9.17, 15) is 19.2 Å². The van der Waals surface area contributed by atoms with E-state index in [0.29, 0.717) is 23.4 Å². The highest BCUT2D eigenvalue weighted by atomic mass is 16.5. The van der Waals surface area contributed by atoms with Crippen LogP contribution in [0.25, 0.3) is 0 Å². The first kappa shape index (κ1) is 18.5. The molecule has 0 bridgehead atoms. The van der Waals surface area contributed by atoms with Crippen LogP contribution < -0.4 is 21.1 Å². The summed E-state index contributed by atoms with van der Waals surface area (Å²) in [6, 6.07) is 10.6. The predicted molar refractivity (Wildman–Crippen MR) is 101 cm³/mol. The van der Waals surface area contributed by atoms with Crippen molar-refractivity contribution in [2.24, 2.45) is 5.73 Å². The molecule has 2 aliphatic rings. The Morgan fingerprint density at radius 3 is 2.48 bits per heavy atom. The maximum Gasteiger partial charge on any atom is 0.322 e. The first-order valence-electron chi connectivity index (χ1n) is 8.84. The summed E-state index contributed by atoms with van der Waals surface area (Å²) in [5.74, 6) is -0.885. The Morgan fingerprint density at radius 2 is 1.90 bits per heavy atom. The highest BCUT2D eigenvalue weighted by molar-refractivity contribution is 6.08. The van der Waals surface area contributed by atoms with E-state index in [1.54, 1.807) is 30.3 Å². The Morgan fingerprint density at radius 1 is 1.17 bits per heavy atom. The van der Waals surface area contributed by atoms with Gasteiger partial charge in [0.25, 0.3) is 11.8 Å². The number of ether oxygens (including phenoxy) is 1. The molecule has 2 aromatic carbocycles. The van der Waals surface area contributed by atoms with Crippen molar-refractivity contribution in [1.82, 2.24) is 15.5 Å². The van der Waals surface area contributed by atoms with Crippen molar-refractivity contribution < 1.29 is 23.9 Å². The number of urea groups is 1. The maximum atomic E-state index is 12.9. The summed E-state index contributed by atoms with van der Waals surface area (Å²) >= 11 is 0. The van der Waals surface area contributed by atoms with Gasteiger partial charge in [-0.1, -0.05) is 18.2 Å². The number of rotatable bonds is 5. The van der Waals surface area contributed by atoms with Gasteiger partial charge in [0.1, 0.15) is 5.75 Å². The van der Waals surface area contributed by atoms with E-state index < -0.39 is 23.4 Å². The summed E-state index contributed by atoms with van der Waals surface area (Å²) in [7, 11) is 1.52. The number of nitrogens with two attached hydrogens (primary N) is 1. The van der Waals surface area contributed by atoms with Crippen molar-refractivity contribution in [2.45, 2.75) is 12.1 Å². The molecule has 148 valence electrons. The number of carbonyl (C=O) groups is 4. The standard InChI is InChI=1S/C20H18N4O5/c1-29-14-7-4-12-9-24(17(26)15(12)8-14)10-20(18(27)22-19(28)23-20)13-5-2-11(3-6-13)16(21)25/h2-8H,9-10H2,1H3,(H2,21,25)(H2,22,23,27,28). The Labute approximate surface area is 165 Å². The number of nitrogens with zero attached hydrogens (tertiary/aromatic N) is 1. The molecule has 0 spiro atoms. The number of imide groups is 1. The minimum atomic E-state index is -1.48. The monoisotopic (exact) mass is 394 g/mol. The summed E-state index contributed by atoms with van der Waals surface area (Å²) in [5, 5.41) is 4.88. The van der Waals surface area contributed by atoms with Gasteiger partial charge < -0.3 is 20.7 Å². The molecule has 9 heteroatoms. The highest BCUT2D eigenvalue weighted by Gasteiger charge is 2.50. The lowest BCUT2D eigenvalue weighted by Crippen LogP contribution is -2.52. The fourth-order valence-corrected chi connectivity index (χ4v) is 3.70. The molecule has 1 unspecified atom stereocenters. The lowest BCUT2D eigenvalue weighted by atomic mass is 9.88. The number of methoxy groups -OCH3 is 1. The Hall–Kier alpha value is -3.88. The Kier molecular flexibility index (Phi) is 4.22. The van der Waals surface area contributed by atoms with Crippen LogP contribution in [0.2, 0.25) is 0 Å². The second-order valence-corrected chi connectivity index (χ2v) is 6.94. The fourth-order valence-electron chi connectivity index (χ4n) is 3.70. The second-order valence-electron chi connectivity index (χ2n) is 6.94. The van der Waals surface area contributed by atoms with Crippen LogP contribution in [0.3, 0.4) is 0 Å². The fraction of sp³-hybridized carbons (Fsp3) is 0.200. The largest absolute Gasteiger partial charge is 0.497 e. The third-order valence-electron chi connectivity index (χ3n) is 5.23. The van der Waals surface area contributed by atoms with Crippen molar-refractivity contribution in [2.75, 3.05) is 13.7 Å². The Balaban J connectivity index is 1.69. The zero-order valence-corrected chi connectivity index (χ0v) is 15.5. The summed E-state index contributed by atoms with van der Waals surface area (Å²) in [6.45, 7) is 0.221. The van der Waals surface area contributed by atoms with Crippen molar-refractivity contribution in [3.8, 4) is 5.75 Å². The van der Waals surface area contributed by atoms with Gasteiger partial charge in [-0.3, -0.25) is 19.7 Å². The molecule has 5 amide bonds. The van der Waals surface area contributed by atoms with Crippen LogP contribution in [0.4, 0.5) is 4.79 Å². The second kappa shape index (κ2) is 6.62. The van der Waals surface area contributed by atoms with Gasteiger partial charge >= 0.3 is 6.03 Å². The molecule has 9 nitrogen and oxygen atoms in total. The summed E-state index contributed by atoms with van der Waals surface area (Å²) in [6.07, 6.45) is 0. The zero-order chi connectivity index (χ0) is 20.8. The number of amides is 5. The van der Waals surface area contributed by atoms with Crippen molar-refractivity contribution in [3.63, 3.8) is 0 Å². The average molecular weight is 394 g/mol. The van der Waals surface area contributed by atoms with Gasteiger partial charge in [0.2, 0.25) is 5.91 Å². The number of carbonyl (C=O) groups excluding carboxylic acids is 4. The van der Waals surface area contributed by atoms with E-state index in [-0.39, 0.29) is 18.0 Å². The third-order valence-corrected chi connectivity index (χ3v) is 5.23. The van der Waals surface area contributed by atoms with Crippen LogP contribution in [0.5, 0.6) is 5.75 Å². The van der Waals surface area contributed by atoms with Gasteiger partial charge in [-0.15, -0.1) is 0 Å². The minimum Gasteiger partial charge on any atom is -0.497 e. The molecule has 1 atom stereocenters. The van der Waals surface area contributed by atoms with Gasteiger partial charge in [-0.25, -0.2) is 4.79 Å². The molecule has 0 aromatic heterocycles. The van der Waals surface area contributed by atoms with E-state index in [1.807, 2.05) is 0 Å². The third kappa shape index (κ3) is 2.96. The lowest BCUT2D eigenvalue weighted by Gasteiger charge is -2.31. The Bertz CT molecular complexity index is 1050. The quantitative estimate of drug-likeness (QED) is 0.635. The predicted octanol–water partition coefficient (Wildman–Crippen LogP) is 0.485. The van der Waals surface area contributed by atoms with Crippen molar-refractivity contribution in [1.29, 1.82) is 0 Å². The van der Waals surface area contributed by atoms with Gasteiger partial charge in [0.05, 0.1) is 13.7 Å². The van der Waals surface area contributed by atoms with E-state index in [0.717, 1.165) is 5.56 Å². The SMILES string of the molecule is COc1ccc2c(c1)C(=O)N(CC1(c3ccc(C(N)=O)cc3)NC(=O)NC1=O)C2. The molecule has 0 radical (unpaired) electrons. The molecular formula is C20H18N4O5. The van der Waals surface area contributed by atoms with Crippen molar-refractivity contribution in [3.05, 3.63) is 64.7 Å². The molecule has 29 heavy (non-hydrogen) atoms. The molecule has 4 N–H and O–H groups in total. The van der Waals surface area contributed by atoms with Gasteiger partial charge in [-0.05, 0) is 35.4 Å². The van der Waals surface area contributed by atoms with E-state index in [2.05, 4.69) is 10.6 Å². The van der Waals surface area contributed by atoms with Crippen LogP contribution in [0.15, 0.2) is 42.5 Å². The molecule has 2 heterocycles. The topological polar surface area (TPSA) is 131 Å². The van der Waals surface area contributed by atoms with E-state index >= 15 is 0 Å². The van der Waals surface area contributed by atoms with Crippen LogP contribution in [-0.4, -0.2) is 42.3 Å². The van der Waals surface area contributed by atoms with Gasteiger partial charge in [-0.2, -0.15) is 0 Å². The number of hydrogen-bond donors (Lipinski definition) is 3. The highest BCUT2D eigenvalue weighted by Crippen LogP contribution is 2.32. The number of hydrogen-bond acceptors (Lipinski definition) is 5. The lowest BCUT2D eigenvalue weighted by molar-refractivity contribution is -0.124. The minimum absolute atomic E-state index is 0.0731. The van der Waals surface area contributed by atoms with Crippen molar-refractivity contribution >= 4 is 23.8 Å². The molecule has 2 aliphatic heterocycles. The number of nitrogens with one attached hydrogen (secondary N) is 2. The first-order valence-corrected chi connectivity index (χ1v) is 8.84. The maximum absolute atomic E-state index is 12.9. The van der Waals surface area contributed by atoms with Gasteiger partial charge in [0.15, 0.2) is 5.54 Å². The molecule has 0 saturated carbocycles. The smallest absolute Gasteiger partial charge is 0.322 e. The van der Waals surface area contributed by atoms with E-state index in [1.165, 1.54) is 24.1 Å². The molecule has 4 rings (SSSR count). The number of primary amides is 1. The average Bonchev–Trinajstić information content (AvgIpc) is 3.17. The summed E-state index contributed by atoms with van der Waals surface area (Å²) in [5.41, 5.74) is 5.80. The zero-order valence-electron chi connectivity index (χ0n) is 15.5. The number of benzene rings is 2. The molecule has 1 fully saturated rings. The molecular weight excluding hydrogens is 376 g/mol. The summed E-state index contributed by atoms with van der Waals surface area (Å²) < 4.78 is 5.18. The normalized spacial score (nSPS) is 20.3.